The number of amides is 1. The van der Waals surface area contributed by atoms with Crippen LogP contribution in [0.1, 0.15) is 35.5 Å². The standard InChI is InChI=1S/C21H24N4O4S/c1-6-21(3,4)17-12-29-19-16(30(27,28)24-17)11-25(5)18(19)20(26)23-15-8-7-13(2)14(9-15)10-22/h6-9,11,17,24H,1,12H2,2-5H3,(H,23,26)/t17-/m1/s1. The molecule has 30 heavy (non-hydrogen) atoms. The number of ether oxygens (including phenoxy) is 1. The topological polar surface area (TPSA) is 113 Å². The van der Waals surface area contributed by atoms with Crippen LogP contribution >= 0.6 is 0 Å². The first-order chi connectivity index (χ1) is 14.0. The molecule has 9 heteroatoms. The third-order valence-corrected chi connectivity index (χ3v) is 6.80. The monoisotopic (exact) mass is 428 g/mol. The molecule has 158 valence electrons. The molecule has 2 N–H and O–H groups in total. The Morgan fingerprint density at radius 3 is 2.80 bits per heavy atom. The minimum atomic E-state index is -3.91. The maximum absolute atomic E-state index is 13.0. The number of sulfonamides is 1. The van der Waals surface area contributed by atoms with Crippen molar-refractivity contribution in [2.45, 2.75) is 31.7 Å². The summed E-state index contributed by atoms with van der Waals surface area (Å²) in [7, 11) is -2.34. The number of hydrogen-bond acceptors (Lipinski definition) is 5. The highest BCUT2D eigenvalue weighted by Crippen LogP contribution is 2.35. The first kappa shape index (κ1) is 21.6. The van der Waals surface area contributed by atoms with Gasteiger partial charge in [0, 0.05) is 24.3 Å². The van der Waals surface area contributed by atoms with Gasteiger partial charge in [0.15, 0.2) is 11.4 Å². The van der Waals surface area contributed by atoms with Crippen LogP contribution in [-0.2, 0) is 17.1 Å². The van der Waals surface area contributed by atoms with Crippen molar-refractivity contribution in [2.75, 3.05) is 11.9 Å². The SMILES string of the molecule is C=CC(C)(C)[C@H]1COc2c(cn(C)c2C(=O)Nc2ccc(C)c(C#N)c2)S(=O)(=O)N1. The van der Waals surface area contributed by atoms with Crippen molar-refractivity contribution >= 4 is 21.6 Å². The van der Waals surface area contributed by atoms with E-state index in [0.717, 1.165) is 5.56 Å². The Morgan fingerprint density at radius 2 is 2.17 bits per heavy atom. The third-order valence-electron chi connectivity index (χ3n) is 5.34. The Bertz CT molecular complexity index is 1170. The second-order valence-electron chi connectivity index (χ2n) is 7.89. The zero-order valence-electron chi connectivity index (χ0n) is 17.3. The Labute approximate surface area is 176 Å². The molecule has 0 radical (unpaired) electrons. The summed E-state index contributed by atoms with van der Waals surface area (Å²) in [6.07, 6.45) is 3.02. The number of rotatable bonds is 4. The number of anilines is 1. The molecule has 1 amide bonds. The quantitative estimate of drug-likeness (QED) is 0.727. The minimum absolute atomic E-state index is 0.00233. The predicted octanol–water partition coefficient (Wildman–Crippen LogP) is 2.71. The number of benzene rings is 1. The number of carbonyl (C=O) groups is 1. The van der Waals surface area contributed by atoms with Crippen LogP contribution in [0.2, 0.25) is 0 Å². The van der Waals surface area contributed by atoms with Gasteiger partial charge in [-0.3, -0.25) is 4.79 Å². The van der Waals surface area contributed by atoms with Gasteiger partial charge in [-0.2, -0.15) is 5.26 Å². The van der Waals surface area contributed by atoms with Gasteiger partial charge in [0.2, 0.25) is 10.0 Å². The largest absolute Gasteiger partial charge is 0.488 e. The number of aryl methyl sites for hydroxylation is 2. The molecule has 1 aliphatic rings. The number of carbonyl (C=O) groups excluding carboxylic acids is 1. The summed E-state index contributed by atoms with van der Waals surface area (Å²) in [4.78, 5) is 12.9. The molecule has 0 saturated heterocycles. The summed E-state index contributed by atoms with van der Waals surface area (Å²) >= 11 is 0. The molecule has 0 aliphatic carbocycles. The average Bonchev–Trinajstić information content (AvgIpc) is 2.97. The average molecular weight is 429 g/mol. The number of hydrogen-bond donors (Lipinski definition) is 2. The van der Waals surface area contributed by atoms with Crippen molar-refractivity contribution in [3.05, 3.63) is 53.9 Å². The molecule has 2 aromatic rings. The number of nitriles is 1. The summed E-state index contributed by atoms with van der Waals surface area (Å²) in [5.74, 6) is -0.541. The molecule has 1 aromatic carbocycles. The lowest BCUT2D eigenvalue weighted by molar-refractivity contribution is 0.101. The fraction of sp³-hybridized carbons (Fsp3) is 0.333. The number of nitrogens with one attached hydrogen (secondary N) is 2. The van der Waals surface area contributed by atoms with Gasteiger partial charge in [-0.05, 0) is 24.6 Å². The van der Waals surface area contributed by atoms with Crippen molar-refractivity contribution in [3.8, 4) is 11.8 Å². The maximum atomic E-state index is 13.0. The van der Waals surface area contributed by atoms with E-state index in [0.29, 0.717) is 11.3 Å². The van der Waals surface area contributed by atoms with E-state index in [1.54, 1.807) is 38.2 Å². The maximum Gasteiger partial charge on any atom is 0.276 e. The number of nitrogens with zero attached hydrogens (tertiary/aromatic N) is 2. The summed E-state index contributed by atoms with van der Waals surface area (Å²) in [5, 5.41) is 11.9. The van der Waals surface area contributed by atoms with Gasteiger partial charge in [-0.1, -0.05) is 26.0 Å². The van der Waals surface area contributed by atoms with Gasteiger partial charge >= 0.3 is 0 Å². The van der Waals surface area contributed by atoms with Gasteiger partial charge in [-0.15, -0.1) is 6.58 Å². The molecular formula is C21H24N4O4S. The van der Waals surface area contributed by atoms with Crippen molar-refractivity contribution in [3.63, 3.8) is 0 Å². The Hall–Kier alpha value is -3.09. The third kappa shape index (κ3) is 3.84. The highest BCUT2D eigenvalue weighted by atomic mass is 32.2. The zero-order valence-corrected chi connectivity index (χ0v) is 18.1. The van der Waals surface area contributed by atoms with Gasteiger partial charge in [0.1, 0.15) is 11.5 Å². The first-order valence-corrected chi connectivity index (χ1v) is 10.8. The highest BCUT2D eigenvalue weighted by Gasteiger charge is 2.39. The van der Waals surface area contributed by atoms with Crippen LogP contribution in [0.25, 0.3) is 0 Å². The van der Waals surface area contributed by atoms with Gasteiger partial charge < -0.3 is 14.6 Å². The van der Waals surface area contributed by atoms with Crippen molar-refractivity contribution < 1.29 is 17.9 Å². The van der Waals surface area contributed by atoms with Crippen LogP contribution in [0.5, 0.6) is 5.75 Å². The summed E-state index contributed by atoms with van der Waals surface area (Å²) in [6, 6.07) is 6.49. The van der Waals surface area contributed by atoms with Gasteiger partial charge in [0.05, 0.1) is 17.7 Å². The molecule has 1 atom stereocenters. The van der Waals surface area contributed by atoms with E-state index >= 15 is 0 Å². The van der Waals surface area contributed by atoms with E-state index in [1.807, 2.05) is 13.8 Å². The van der Waals surface area contributed by atoms with Crippen LogP contribution in [0.15, 0.2) is 41.9 Å². The lowest BCUT2D eigenvalue weighted by Crippen LogP contribution is -2.46. The molecule has 0 unspecified atom stereocenters. The van der Waals surface area contributed by atoms with Crippen LogP contribution in [0.3, 0.4) is 0 Å². The molecule has 0 saturated carbocycles. The van der Waals surface area contributed by atoms with Crippen LogP contribution in [-0.4, -0.2) is 31.5 Å². The molecule has 0 fully saturated rings. The lowest BCUT2D eigenvalue weighted by Gasteiger charge is -2.30. The second kappa shape index (κ2) is 7.63. The zero-order chi connectivity index (χ0) is 22.3. The molecule has 0 spiro atoms. The highest BCUT2D eigenvalue weighted by molar-refractivity contribution is 7.89. The lowest BCUT2D eigenvalue weighted by atomic mass is 9.86. The molecule has 3 rings (SSSR count). The Kier molecular flexibility index (Phi) is 5.50. The van der Waals surface area contributed by atoms with E-state index < -0.39 is 27.4 Å². The fourth-order valence-corrected chi connectivity index (χ4v) is 4.71. The summed E-state index contributed by atoms with van der Waals surface area (Å²) in [5.41, 5.74) is 1.18. The van der Waals surface area contributed by atoms with Crippen molar-refractivity contribution in [1.82, 2.24) is 9.29 Å². The van der Waals surface area contributed by atoms with Crippen LogP contribution < -0.4 is 14.8 Å². The normalized spacial score (nSPS) is 17.8. The molecule has 8 nitrogen and oxygen atoms in total. The summed E-state index contributed by atoms with van der Waals surface area (Å²) < 4.78 is 35.8. The predicted molar refractivity (Wildman–Crippen MR) is 113 cm³/mol. The first-order valence-electron chi connectivity index (χ1n) is 9.30. The minimum Gasteiger partial charge on any atom is -0.488 e. The molecule has 0 bridgehead atoms. The summed E-state index contributed by atoms with van der Waals surface area (Å²) in [6.45, 7) is 9.31. The Morgan fingerprint density at radius 1 is 1.47 bits per heavy atom. The van der Waals surface area contributed by atoms with E-state index in [1.165, 1.54) is 10.8 Å². The van der Waals surface area contributed by atoms with Gasteiger partial charge in [-0.25, -0.2) is 13.1 Å². The van der Waals surface area contributed by atoms with Crippen molar-refractivity contribution in [1.29, 1.82) is 5.26 Å². The van der Waals surface area contributed by atoms with Crippen molar-refractivity contribution in [2.24, 2.45) is 12.5 Å². The van der Waals surface area contributed by atoms with E-state index in [-0.39, 0.29) is 22.9 Å². The number of aromatic nitrogens is 1. The molecular weight excluding hydrogens is 404 g/mol. The van der Waals surface area contributed by atoms with Gasteiger partial charge in [0.25, 0.3) is 5.91 Å². The van der Waals surface area contributed by atoms with Crippen LogP contribution in [0, 0.1) is 23.7 Å². The smallest absolute Gasteiger partial charge is 0.276 e. The second-order valence-corrected chi connectivity index (χ2v) is 9.57. The number of fused-ring (bicyclic) bond motifs is 1. The Balaban J connectivity index is 1.99. The molecule has 2 heterocycles. The van der Waals surface area contributed by atoms with E-state index in [2.05, 4.69) is 22.7 Å². The molecule has 1 aliphatic heterocycles. The van der Waals surface area contributed by atoms with Crippen LogP contribution in [0.4, 0.5) is 5.69 Å². The molecule has 1 aromatic heterocycles. The fourth-order valence-electron chi connectivity index (χ4n) is 3.14. The van der Waals surface area contributed by atoms with E-state index in [4.69, 9.17) is 4.74 Å². The van der Waals surface area contributed by atoms with E-state index in [9.17, 15) is 18.5 Å².